The standard InChI is InChI=1S/C21H23N7O2/c1-12-6-13(2)8-16(7-12)28-20-17(9-23-28)21(30)27(11-22-20)10-18(29)24-19-14(3)25-26(5)15(19)4/h6-9,11H,10H2,1-5H3,(H,24,29). The molecule has 0 radical (unpaired) electrons. The van der Waals surface area contributed by atoms with Crippen molar-refractivity contribution in [3.8, 4) is 5.69 Å². The van der Waals surface area contributed by atoms with E-state index in [1.807, 2.05) is 46.9 Å². The summed E-state index contributed by atoms with van der Waals surface area (Å²) in [6.45, 7) is 7.56. The van der Waals surface area contributed by atoms with Crippen LogP contribution < -0.4 is 10.9 Å². The number of aromatic nitrogens is 6. The number of nitrogens with one attached hydrogen (secondary N) is 1. The van der Waals surface area contributed by atoms with Gasteiger partial charge in [0.1, 0.15) is 18.3 Å². The van der Waals surface area contributed by atoms with Gasteiger partial charge in [-0.1, -0.05) is 6.07 Å². The zero-order valence-electron chi connectivity index (χ0n) is 17.6. The van der Waals surface area contributed by atoms with E-state index in [0.29, 0.717) is 16.7 Å². The van der Waals surface area contributed by atoms with Gasteiger partial charge in [0.25, 0.3) is 5.56 Å². The lowest BCUT2D eigenvalue weighted by Gasteiger charge is -2.09. The molecule has 4 aromatic rings. The molecular formula is C21H23N7O2. The van der Waals surface area contributed by atoms with Gasteiger partial charge in [-0.15, -0.1) is 0 Å². The lowest BCUT2D eigenvalue weighted by molar-refractivity contribution is -0.116. The third-order valence-electron chi connectivity index (χ3n) is 5.09. The molecule has 9 nitrogen and oxygen atoms in total. The molecule has 4 rings (SSSR count). The van der Waals surface area contributed by atoms with Gasteiger partial charge in [-0.05, 0) is 51.0 Å². The van der Waals surface area contributed by atoms with Gasteiger partial charge < -0.3 is 5.32 Å². The normalized spacial score (nSPS) is 11.2. The highest BCUT2D eigenvalue weighted by Gasteiger charge is 2.16. The van der Waals surface area contributed by atoms with E-state index in [0.717, 1.165) is 28.2 Å². The van der Waals surface area contributed by atoms with Crippen LogP contribution in [0.25, 0.3) is 16.7 Å². The lowest BCUT2D eigenvalue weighted by Crippen LogP contribution is -2.28. The van der Waals surface area contributed by atoms with E-state index in [2.05, 4.69) is 26.6 Å². The Morgan fingerprint density at radius 1 is 1.10 bits per heavy atom. The van der Waals surface area contributed by atoms with E-state index in [1.54, 1.807) is 9.36 Å². The molecule has 0 fully saturated rings. The molecule has 0 aliphatic carbocycles. The van der Waals surface area contributed by atoms with Gasteiger partial charge in [0.15, 0.2) is 5.65 Å². The minimum atomic E-state index is -0.320. The molecule has 1 aromatic carbocycles. The fraction of sp³-hybridized carbons (Fsp3) is 0.286. The minimum Gasteiger partial charge on any atom is -0.321 e. The molecular weight excluding hydrogens is 382 g/mol. The number of anilines is 1. The van der Waals surface area contributed by atoms with Crippen molar-refractivity contribution >= 4 is 22.6 Å². The van der Waals surface area contributed by atoms with E-state index < -0.39 is 0 Å². The Kier molecular flexibility index (Phi) is 4.73. The van der Waals surface area contributed by atoms with Crippen LogP contribution >= 0.6 is 0 Å². The Morgan fingerprint density at radius 2 is 1.80 bits per heavy atom. The number of rotatable bonds is 4. The van der Waals surface area contributed by atoms with Crippen LogP contribution in [0.2, 0.25) is 0 Å². The molecule has 0 bridgehead atoms. The first-order valence-electron chi connectivity index (χ1n) is 9.56. The first kappa shape index (κ1) is 19.6. The maximum Gasteiger partial charge on any atom is 0.264 e. The van der Waals surface area contributed by atoms with Crippen molar-refractivity contribution in [1.82, 2.24) is 29.1 Å². The number of fused-ring (bicyclic) bond motifs is 1. The van der Waals surface area contributed by atoms with Crippen molar-refractivity contribution in [3.05, 3.63) is 63.6 Å². The molecule has 0 atom stereocenters. The molecule has 0 aliphatic heterocycles. The fourth-order valence-electron chi connectivity index (χ4n) is 3.61. The molecule has 3 heterocycles. The molecule has 1 N–H and O–H groups in total. The van der Waals surface area contributed by atoms with Crippen molar-refractivity contribution < 1.29 is 4.79 Å². The zero-order valence-corrected chi connectivity index (χ0v) is 17.6. The molecule has 0 saturated carbocycles. The van der Waals surface area contributed by atoms with Gasteiger partial charge in [-0.3, -0.25) is 18.8 Å². The van der Waals surface area contributed by atoms with Crippen molar-refractivity contribution in [2.24, 2.45) is 7.05 Å². The van der Waals surface area contributed by atoms with Gasteiger partial charge in [0.05, 0.1) is 29.0 Å². The number of nitrogens with zero attached hydrogens (tertiary/aromatic N) is 6. The topological polar surface area (TPSA) is 99.6 Å². The maximum absolute atomic E-state index is 12.9. The van der Waals surface area contributed by atoms with Gasteiger partial charge in [0, 0.05) is 7.05 Å². The summed E-state index contributed by atoms with van der Waals surface area (Å²) in [5.74, 6) is -0.320. The van der Waals surface area contributed by atoms with Crippen molar-refractivity contribution in [2.75, 3.05) is 5.32 Å². The van der Waals surface area contributed by atoms with E-state index in [9.17, 15) is 9.59 Å². The summed E-state index contributed by atoms with van der Waals surface area (Å²) in [7, 11) is 1.81. The van der Waals surface area contributed by atoms with Crippen LogP contribution in [0.1, 0.15) is 22.5 Å². The molecule has 30 heavy (non-hydrogen) atoms. The molecule has 0 aliphatic rings. The molecule has 154 valence electrons. The quantitative estimate of drug-likeness (QED) is 0.561. The number of carbonyl (C=O) groups excluding carboxylic acids is 1. The average molecular weight is 405 g/mol. The van der Waals surface area contributed by atoms with Crippen LogP contribution in [0.4, 0.5) is 5.69 Å². The Bertz CT molecular complexity index is 1320. The predicted molar refractivity (Wildman–Crippen MR) is 114 cm³/mol. The highest BCUT2D eigenvalue weighted by atomic mass is 16.2. The number of hydrogen-bond acceptors (Lipinski definition) is 5. The first-order chi connectivity index (χ1) is 14.2. The first-order valence-corrected chi connectivity index (χ1v) is 9.56. The van der Waals surface area contributed by atoms with Gasteiger partial charge in [-0.25, -0.2) is 9.67 Å². The largest absolute Gasteiger partial charge is 0.321 e. The number of carbonyl (C=O) groups is 1. The molecule has 0 spiro atoms. The number of hydrogen-bond donors (Lipinski definition) is 1. The molecule has 0 unspecified atom stereocenters. The highest BCUT2D eigenvalue weighted by molar-refractivity contribution is 5.91. The Morgan fingerprint density at radius 3 is 2.43 bits per heavy atom. The van der Waals surface area contributed by atoms with Crippen LogP contribution in [0, 0.1) is 27.7 Å². The summed E-state index contributed by atoms with van der Waals surface area (Å²) < 4.78 is 4.63. The van der Waals surface area contributed by atoms with Gasteiger partial charge in [0.2, 0.25) is 5.91 Å². The number of amides is 1. The van der Waals surface area contributed by atoms with Crippen molar-refractivity contribution in [3.63, 3.8) is 0 Å². The Labute approximate surface area is 173 Å². The SMILES string of the molecule is Cc1cc(C)cc(-n2ncc3c(=O)n(CC(=O)Nc4c(C)nn(C)c4C)cnc32)c1. The van der Waals surface area contributed by atoms with Crippen molar-refractivity contribution in [1.29, 1.82) is 0 Å². The monoisotopic (exact) mass is 405 g/mol. The molecule has 9 heteroatoms. The zero-order chi connectivity index (χ0) is 21.6. The number of benzene rings is 1. The fourth-order valence-corrected chi connectivity index (χ4v) is 3.61. The summed E-state index contributed by atoms with van der Waals surface area (Å²) in [6, 6.07) is 6.04. The summed E-state index contributed by atoms with van der Waals surface area (Å²) in [4.78, 5) is 29.8. The highest BCUT2D eigenvalue weighted by Crippen LogP contribution is 2.19. The van der Waals surface area contributed by atoms with Crippen LogP contribution in [0.3, 0.4) is 0 Å². The molecule has 3 aromatic heterocycles. The summed E-state index contributed by atoms with van der Waals surface area (Å²) in [6.07, 6.45) is 2.88. The van der Waals surface area contributed by atoms with E-state index >= 15 is 0 Å². The second-order valence-corrected chi connectivity index (χ2v) is 7.53. The molecule has 0 saturated heterocycles. The van der Waals surface area contributed by atoms with E-state index in [1.165, 1.54) is 17.1 Å². The second-order valence-electron chi connectivity index (χ2n) is 7.53. The number of aryl methyl sites for hydroxylation is 4. The summed E-state index contributed by atoms with van der Waals surface area (Å²) in [5, 5.41) is 11.8. The van der Waals surface area contributed by atoms with E-state index in [-0.39, 0.29) is 18.0 Å². The van der Waals surface area contributed by atoms with Crippen LogP contribution in [0.5, 0.6) is 0 Å². The lowest BCUT2D eigenvalue weighted by atomic mass is 10.1. The average Bonchev–Trinajstić information content (AvgIpc) is 3.20. The smallest absolute Gasteiger partial charge is 0.264 e. The summed E-state index contributed by atoms with van der Waals surface area (Å²) in [5.41, 5.74) is 5.40. The van der Waals surface area contributed by atoms with Crippen LogP contribution in [-0.4, -0.2) is 35.0 Å². The molecule has 1 amide bonds. The van der Waals surface area contributed by atoms with E-state index in [4.69, 9.17) is 0 Å². The Hall–Kier alpha value is -3.75. The third-order valence-corrected chi connectivity index (χ3v) is 5.09. The van der Waals surface area contributed by atoms with Crippen LogP contribution in [-0.2, 0) is 18.4 Å². The van der Waals surface area contributed by atoms with Gasteiger partial charge in [-0.2, -0.15) is 10.2 Å². The Balaban J connectivity index is 1.64. The third kappa shape index (κ3) is 3.38. The van der Waals surface area contributed by atoms with Crippen molar-refractivity contribution in [2.45, 2.75) is 34.2 Å². The van der Waals surface area contributed by atoms with Gasteiger partial charge >= 0.3 is 0 Å². The second kappa shape index (κ2) is 7.25. The van der Waals surface area contributed by atoms with Crippen LogP contribution in [0.15, 0.2) is 35.5 Å². The minimum absolute atomic E-state index is 0.149. The summed E-state index contributed by atoms with van der Waals surface area (Å²) >= 11 is 0. The maximum atomic E-state index is 12.9. The predicted octanol–water partition coefficient (Wildman–Crippen LogP) is 2.19.